The van der Waals surface area contributed by atoms with Crippen LogP contribution in [-0.4, -0.2) is 55.5 Å². The van der Waals surface area contributed by atoms with E-state index in [1.165, 1.54) is 6.92 Å². The van der Waals surface area contributed by atoms with Gasteiger partial charge in [-0.3, -0.25) is 4.79 Å². The molecule has 1 rings (SSSR count). The highest BCUT2D eigenvalue weighted by molar-refractivity contribution is 7.92. The molecule has 0 bridgehead atoms. The Morgan fingerprint density at radius 2 is 2.19 bits per heavy atom. The summed E-state index contributed by atoms with van der Waals surface area (Å²) in [6.45, 7) is 2.53. The minimum absolute atomic E-state index is 0.0526. The molecule has 0 radical (unpaired) electrons. The fourth-order valence-corrected chi connectivity index (χ4v) is 2.37. The molecule has 1 fully saturated rings. The fourth-order valence-electron chi connectivity index (χ4n) is 1.85. The summed E-state index contributed by atoms with van der Waals surface area (Å²) in [7, 11) is -3.33. The van der Waals surface area contributed by atoms with Crippen LogP contribution in [0, 0.1) is 5.92 Å². The molecule has 16 heavy (non-hydrogen) atoms. The highest BCUT2D eigenvalue weighted by Crippen LogP contribution is 2.17. The van der Waals surface area contributed by atoms with E-state index in [2.05, 4.69) is 0 Å². The molecule has 1 aliphatic rings. The molecule has 0 aromatic heterocycles. The van der Waals surface area contributed by atoms with Crippen LogP contribution < -0.4 is 0 Å². The monoisotopic (exact) mass is 249 g/mol. The number of rotatable bonds is 3. The quantitative estimate of drug-likeness (QED) is 0.742. The van der Waals surface area contributed by atoms with Gasteiger partial charge in [-0.25, -0.2) is 8.42 Å². The van der Waals surface area contributed by atoms with E-state index in [9.17, 15) is 13.2 Å². The molecule has 1 amide bonds. The zero-order valence-corrected chi connectivity index (χ0v) is 10.5. The Kier molecular flexibility index (Phi) is 4.32. The van der Waals surface area contributed by atoms with Crippen LogP contribution in [0.15, 0.2) is 0 Å². The van der Waals surface area contributed by atoms with Crippen LogP contribution in [0.3, 0.4) is 0 Å². The Labute approximate surface area is 96.4 Å². The Morgan fingerprint density at radius 1 is 1.56 bits per heavy atom. The van der Waals surface area contributed by atoms with Crippen LogP contribution in [-0.2, 0) is 14.6 Å². The summed E-state index contributed by atoms with van der Waals surface area (Å²) in [6.07, 6.45) is 2.80. The zero-order valence-electron chi connectivity index (χ0n) is 9.72. The van der Waals surface area contributed by atoms with Gasteiger partial charge in [-0.15, -0.1) is 0 Å². The van der Waals surface area contributed by atoms with E-state index >= 15 is 0 Å². The highest BCUT2D eigenvalue weighted by atomic mass is 32.2. The third-order valence-electron chi connectivity index (χ3n) is 3.08. The first kappa shape index (κ1) is 13.4. The predicted octanol–water partition coefficient (Wildman–Crippen LogP) is -0.350. The van der Waals surface area contributed by atoms with Crippen LogP contribution in [0.1, 0.15) is 19.8 Å². The Morgan fingerprint density at radius 3 is 2.69 bits per heavy atom. The van der Waals surface area contributed by atoms with Crippen molar-refractivity contribution in [3.8, 4) is 0 Å². The van der Waals surface area contributed by atoms with Gasteiger partial charge in [-0.1, -0.05) is 0 Å². The van der Waals surface area contributed by atoms with Crippen LogP contribution >= 0.6 is 0 Å². The van der Waals surface area contributed by atoms with Gasteiger partial charge in [0.25, 0.3) is 0 Å². The maximum Gasteiger partial charge on any atom is 0.240 e. The van der Waals surface area contributed by atoms with E-state index in [0.717, 1.165) is 19.1 Å². The first-order valence-electron chi connectivity index (χ1n) is 5.44. The third-order valence-corrected chi connectivity index (χ3v) is 4.56. The number of hydrogen-bond acceptors (Lipinski definition) is 4. The molecule has 5 nitrogen and oxygen atoms in total. The van der Waals surface area contributed by atoms with Gasteiger partial charge in [0.05, 0.1) is 0 Å². The number of aliphatic hydroxyl groups excluding tert-OH is 1. The van der Waals surface area contributed by atoms with E-state index in [-0.39, 0.29) is 18.4 Å². The van der Waals surface area contributed by atoms with Crippen molar-refractivity contribution in [1.82, 2.24) is 4.90 Å². The van der Waals surface area contributed by atoms with Gasteiger partial charge >= 0.3 is 0 Å². The molecule has 1 saturated heterocycles. The van der Waals surface area contributed by atoms with Gasteiger partial charge in [-0.05, 0) is 25.7 Å². The second kappa shape index (κ2) is 5.14. The van der Waals surface area contributed by atoms with Gasteiger partial charge in [0.1, 0.15) is 5.25 Å². The summed E-state index contributed by atoms with van der Waals surface area (Å²) in [6, 6.07) is 0. The minimum Gasteiger partial charge on any atom is -0.396 e. The molecule has 1 heterocycles. The van der Waals surface area contributed by atoms with Crippen molar-refractivity contribution in [1.29, 1.82) is 0 Å². The predicted molar refractivity (Wildman–Crippen MR) is 60.7 cm³/mol. The van der Waals surface area contributed by atoms with E-state index in [4.69, 9.17) is 5.11 Å². The molecule has 0 aliphatic carbocycles. The van der Waals surface area contributed by atoms with Crippen molar-refractivity contribution < 1.29 is 18.3 Å². The fraction of sp³-hybridized carbons (Fsp3) is 0.900. The molecule has 1 N–H and O–H groups in total. The summed E-state index contributed by atoms with van der Waals surface area (Å²) in [5.74, 6) is -0.259. The van der Waals surface area contributed by atoms with Crippen molar-refractivity contribution in [3.05, 3.63) is 0 Å². The van der Waals surface area contributed by atoms with Crippen molar-refractivity contribution in [2.75, 3.05) is 26.0 Å². The highest BCUT2D eigenvalue weighted by Gasteiger charge is 2.31. The Balaban J connectivity index is 2.67. The summed E-state index contributed by atoms with van der Waals surface area (Å²) in [5, 5.41) is 8.05. The van der Waals surface area contributed by atoms with Crippen molar-refractivity contribution in [2.24, 2.45) is 5.92 Å². The number of carbonyl (C=O) groups excluding carboxylic acids is 1. The molecule has 2 atom stereocenters. The number of carbonyl (C=O) groups is 1. The Bertz CT molecular complexity index is 352. The lowest BCUT2D eigenvalue weighted by Gasteiger charge is -2.33. The van der Waals surface area contributed by atoms with Gasteiger partial charge in [0, 0.05) is 26.0 Å². The lowest BCUT2D eigenvalue weighted by atomic mass is 9.99. The van der Waals surface area contributed by atoms with Gasteiger partial charge < -0.3 is 10.0 Å². The molecule has 0 aromatic rings. The summed E-state index contributed by atoms with van der Waals surface area (Å²) < 4.78 is 22.5. The maximum absolute atomic E-state index is 11.9. The first-order chi connectivity index (χ1) is 7.36. The average Bonchev–Trinajstić information content (AvgIpc) is 2.26. The topological polar surface area (TPSA) is 74.7 Å². The molecule has 1 aliphatic heterocycles. The second-order valence-corrected chi connectivity index (χ2v) is 6.81. The summed E-state index contributed by atoms with van der Waals surface area (Å²) in [5.41, 5.74) is 0. The molecule has 0 aromatic carbocycles. The van der Waals surface area contributed by atoms with E-state index in [1.807, 2.05) is 0 Å². The van der Waals surface area contributed by atoms with E-state index in [1.54, 1.807) is 4.90 Å². The standard InChI is InChI=1S/C10H19NO4S/c1-8(16(2,14)15)10(13)11-5-3-4-9(6-11)7-12/h8-9,12H,3-7H2,1-2H3. The molecule has 0 saturated carbocycles. The van der Waals surface area contributed by atoms with Crippen LogP contribution in [0.5, 0.6) is 0 Å². The smallest absolute Gasteiger partial charge is 0.240 e. The van der Waals surface area contributed by atoms with Gasteiger partial charge in [0.2, 0.25) is 5.91 Å². The number of likely N-dealkylation sites (tertiary alicyclic amines) is 1. The number of hydrogen-bond donors (Lipinski definition) is 1. The first-order valence-corrected chi connectivity index (χ1v) is 7.40. The van der Waals surface area contributed by atoms with Gasteiger partial charge in [-0.2, -0.15) is 0 Å². The van der Waals surface area contributed by atoms with E-state index in [0.29, 0.717) is 13.1 Å². The average molecular weight is 249 g/mol. The summed E-state index contributed by atoms with van der Waals surface area (Å²) >= 11 is 0. The molecular formula is C10H19NO4S. The van der Waals surface area contributed by atoms with Crippen molar-refractivity contribution in [3.63, 3.8) is 0 Å². The number of piperidine rings is 1. The maximum atomic E-state index is 11.9. The number of nitrogens with zero attached hydrogens (tertiary/aromatic N) is 1. The summed E-state index contributed by atoms with van der Waals surface area (Å²) in [4.78, 5) is 13.4. The van der Waals surface area contributed by atoms with Crippen molar-refractivity contribution >= 4 is 15.7 Å². The lowest BCUT2D eigenvalue weighted by Crippen LogP contribution is -2.46. The normalized spacial score (nSPS) is 24.2. The second-order valence-electron chi connectivity index (χ2n) is 4.45. The molecular weight excluding hydrogens is 230 g/mol. The van der Waals surface area contributed by atoms with Crippen LogP contribution in [0.25, 0.3) is 0 Å². The lowest BCUT2D eigenvalue weighted by molar-refractivity contribution is -0.132. The number of amides is 1. The number of aliphatic hydroxyl groups is 1. The third kappa shape index (κ3) is 3.18. The van der Waals surface area contributed by atoms with Crippen LogP contribution in [0.4, 0.5) is 0 Å². The zero-order chi connectivity index (χ0) is 12.3. The van der Waals surface area contributed by atoms with Gasteiger partial charge in [0.15, 0.2) is 9.84 Å². The molecule has 6 heteroatoms. The molecule has 94 valence electrons. The van der Waals surface area contributed by atoms with E-state index < -0.39 is 15.1 Å². The Hall–Kier alpha value is -0.620. The molecule has 2 unspecified atom stereocenters. The van der Waals surface area contributed by atoms with Crippen molar-refractivity contribution in [2.45, 2.75) is 25.0 Å². The minimum atomic E-state index is -3.33. The SMILES string of the molecule is CC(C(=O)N1CCCC(CO)C1)S(C)(=O)=O. The largest absolute Gasteiger partial charge is 0.396 e. The van der Waals surface area contributed by atoms with Crippen LogP contribution in [0.2, 0.25) is 0 Å². The number of sulfone groups is 1. The molecule has 0 spiro atoms.